The van der Waals surface area contributed by atoms with Gasteiger partial charge in [-0.2, -0.15) is 0 Å². The van der Waals surface area contributed by atoms with Crippen molar-refractivity contribution in [3.63, 3.8) is 0 Å². The van der Waals surface area contributed by atoms with Crippen molar-refractivity contribution in [1.29, 1.82) is 0 Å². The second-order valence-corrected chi connectivity index (χ2v) is 7.80. The van der Waals surface area contributed by atoms with E-state index in [1.54, 1.807) is 23.1 Å². The number of thiazole rings is 1. The van der Waals surface area contributed by atoms with E-state index in [0.717, 1.165) is 27.7 Å². The molecule has 2 aromatic carbocycles. The average Bonchev–Trinajstić information content (AvgIpc) is 3.25. The normalized spacial score (nSPS) is 10.9. The van der Waals surface area contributed by atoms with Gasteiger partial charge in [-0.3, -0.25) is 9.20 Å². The second kappa shape index (κ2) is 7.76. The van der Waals surface area contributed by atoms with Gasteiger partial charge in [0.2, 0.25) is 5.91 Å². The van der Waals surface area contributed by atoms with E-state index in [1.807, 2.05) is 64.6 Å². The first kappa shape index (κ1) is 16.9. The predicted octanol–water partition coefficient (Wildman–Crippen LogP) is 5.18. The largest absolute Gasteiger partial charge is 0.326 e. The molecule has 0 aliphatic heterocycles. The first-order valence-corrected chi connectivity index (χ1v) is 10.1. The van der Waals surface area contributed by atoms with Gasteiger partial charge in [-0.1, -0.05) is 30.3 Å². The van der Waals surface area contributed by atoms with Crippen molar-refractivity contribution in [2.45, 2.75) is 11.3 Å². The van der Waals surface area contributed by atoms with Crippen LogP contribution in [0.15, 0.2) is 77.3 Å². The number of fused-ring (bicyclic) bond motifs is 1. The highest BCUT2D eigenvalue weighted by Gasteiger charge is 2.08. The van der Waals surface area contributed by atoms with E-state index < -0.39 is 0 Å². The molecule has 1 N–H and O–H groups in total. The molecule has 1 amide bonds. The fourth-order valence-corrected chi connectivity index (χ4v) is 4.20. The lowest BCUT2D eigenvalue weighted by Gasteiger charge is -2.07. The van der Waals surface area contributed by atoms with E-state index in [0.29, 0.717) is 6.42 Å². The summed E-state index contributed by atoms with van der Waals surface area (Å²) in [5.74, 6) is 0.781. The molecule has 4 rings (SSSR count). The van der Waals surface area contributed by atoms with E-state index in [9.17, 15) is 4.79 Å². The molecule has 0 saturated carbocycles. The number of carbonyl (C=O) groups is 1. The van der Waals surface area contributed by atoms with Crippen LogP contribution in [0.25, 0.3) is 16.2 Å². The van der Waals surface area contributed by atoms with Gasteiger partial charge in [-0.25, -0.2) is 4.98 Å². The molecule has 2 heterocycles. The van der Waals surface area contributed by atoms with Gasteiger partial charge in [0.05, 0.1) is 5.69 Å². The number of carbonyl (C=O) groups excluding carboxylic acids is 1. The Morgan fingerprint density at radius 3 is 2.88 bits per heavy atom. The molecule has 0 spiro atoms. The predicted molar refractivity (Wildman–Crippen MR) is 109 cm³/mol. The van der Waals surface area contributed by atoms with Crippen molar-refractivity contribution in [2.75, 3.05) is 11.1 Å². The van der Waals surface area contributed by atoms with Crippen LogP contribution in [-0.2, 0) is 4.79 Å². The van der Waals surface area contributed by atoms with Gasteiger partial charge >= 0.3 is 0 Å². The highest BCUT2D eigenvalue weighted by atomic mass is 32.2. The number of hydrogen-bond acceptors (Lipinski definition) is 4. The van der Waals surface area contributed by atoms with Gasteiger partial charge in [-0.15, -0.1) is 23.1 Å². The van der Waals surface area contributed by atoms with E-state index >= 15 is 0 Å². The van der Waals surface area contributed by atoms with Gasteiger partial charge in [-0.05, 0) is 24.3 Å². The number of imidazole rings is 1. The summed E-state index contributed by atoms with van der Waals surface area (Å²) in [7, 11) is 0. The molecule has 130 valence electrons. The summed E-state index contributed by atoms with van der Waals surface area (Å²) in [6, 6.07) is 17.9. The highest BCUT2D eigenvalue weighted by Crippen LogP contribution is 2.24. The van der Waals surface area contributed by atoms with Crippen molar-refractivity contribution in [1.82, 2.24) is 9.38 Å². The van der Waals surface area contributed by atoms with Crippen molar-refractivity contribution in [3.8, 4) is 11.3 Å². The zero-order valence-electron chi connectivity index (χ0n) is 14.0. The van der Waals surface area contributed by atoms with Crippen molar-refractivity contribution < 1.29 is 4.79 Å². The summed E-state index contributed by atoms with van der Waals surface area (Å²) in [6.45, 7) is 0. The molecule has 6 heteroatoms. The molecular formula is C20H17N3OS2. The van der Waals surface area contributed by atoms with E-state index in [-0.39, 0.29) is 5.91 Å². The van der Waals surface area contributed by atoms with Crippen molar-refractivity contribution >= 4 is 39.7 Å². The molecule has 0 aliphatic carbocycles. The Bertz CT molecular complexity index is 995. The maximum Gasteiger partial charge on any atom is 0.225 e. The lowest BCUT2D eigenvalue weighted by atomic mass is 10.1. The topological polar surface area (TPSA) is 46.4 Å². The number of amides is 1. The monoisotopic (exact) mass is 379 g/mol. The number of nitrogens with one attached hydrogen (secondary N) is 1. The van der Waals surface area contributed by atoms with Crippen LogP contribution in [0.2, 0.25) is 0 Å². The standard InChI is InChI=1S/C20H17N3OS2/c24-19(9-11-25-17-7-2-1-3-8-17)21-16-6-4-5-15(13-16)18-14-23-10-12-26-20(23)22-18/h1-8,10,12-14H,9,11H2,(H,21,24). The Hall–Kier alpha value is -2.57. The van der Waals surface area contributed by atoms with Crippen LogP contribution >= 0.6 is 23.1 Å². The molecule has 0 saturated heterocycles. The van der Waals surface area contributed by atoms with E-state index in [2.05, 4.69) is 22.4 Å². The molecule has 0 atom stereocenters. The fraction of sp³-hybridized carbons (Fsp3) is 0.100. The van der Waals surface area contributed by atoms with Crippen molar-refractivity contribution in [2.24, 2.45) is 0 Å². The molecule has 0 fully saturated rings. The second-order valence-electron chi connectivity index (χ2n) is 5.76. The molecule has 4 aromatic rings. The summed E-state index contributed by atoms with van der Waals surface area (Å²) in [5.41, 5.74) is 2.71. The summed E-state index contributed by atoms with van der Waals surface area (Å²) < 4.78 is 2.01. The lowest BCUT2D eigenvalue weighted by Crippen LogP contribution is -2.12. The maximum atomic E-state index is 12.2. The zero-order valence-corrected chi connectivity index (χ0v) is 15.6. The molecule has 0 bridgehead atoms. The van der Waals surface area contributed by atoms with Gasteiger partial charge in [0.1, 0.15) is 0 Å². The Morgan fingerprint density at radius 1 is 1.15 bits per heavy atom. The molecule has 0 unspecified atom stereocenters. The van der Waals surface area contributed by atoms with Gasteiger partial charge < -0.3 is 5.32 Å². The SMILES string of the molecule is O=C(CCSc1ccccc1)Nc1cccc(-c2cn3ccsc3n2)c1. The summed E-state index contributed by atoms with van der Waals surface area (Å²) in [6.07, 6.45) is 4.47. The first-order valence-electron chi connectivity index (χ1n) is 8.28. The number of aromatic nitrogens is 2. The van der Waals surface area contributed by atoms with Gasteiger partial charge in [0.25, 0.3) is 0 Å². The molecule has 4 nitrogen and oxygen atoms in total. The van der Waals surface area contributed by atoms with E-state index in [1.165, 1.54) is 4.90 Å². The Kier molecular flexibility index (Phi) is 5.04. The maximum absolute atomic E-state index is 12.2. The molecule has 0 aliphatic rings. The van der Waals surface area contributed by atoms with Crippen LogP contribution in [0.4, 0.5) is 5.69 Å². The third-order valence-electron chi connectivity index (χ3n) is 3.88. The number of thioether (sulfide) groups is 1. The molecule has 2 aromatic heterocycles. The quantitative estimate of drug-likeness (QED) is 0.469. The number of benzene rings is 2. The number of rotatable bonds is 6. The van der Waals surface area contributed by atoms with Crippen LogP contribution in [0.3, 0.4) is 0 Å². The Balaban J connectivity index is 1.37. The molecular weight excluding hydrogens is 362 g/mol. The smallest absolute Gasteiger partial charge is 0.225 e. The minimum Gasteiger partial charge on any atom is -0.326 e. The van der Waals surface area contributed by atoms with Gasteiger partial charge in [0, 0.05) is 46.1 Å². The number of hydrogen-bond donors (Lipinski definition) is 1. The lowest BCUT2D eigenvalue weighted by molar-refractivity contribution is -0.115. The third-order valence-corrected chi connectivity index (χ3v) is 5.66. The summed E-state index contributed by atoms with van der Waals surface area (Å²) >= 11 is 3.29. The third kappa shape index (κ3) is 3.98. The molecule has 0 radical (unpaired) electrons. The summed E-state index contributed by atoms with van der Waals surface area (Å²) in [5, 5.41) is 4.99. The Labute approximate surface area is 159 Å². The number of anilines is 1. The zero-order chi connectivity index (χ0) is 17.8. The number of nitrogens with zero attached hydrogens (tertiary/aromatic N) is 2. The fourth-order valence-electron chi connectivity index (χ4n) is 2.62. The van der Waals surface area contributed by atoms with Crippen LogP contribution in [0.1, 0.15) is 6.42 Å². The first-order chi connectivity index (χ1) is 12.8. The van der Waals surface area contributed by atoms with Crippen molar-refractivity contribution in [3.05, 3.63) is 72.4 Å². The van der Waals surface area contributed by atoms with Crippen LogP contribution in [-0.4, -0.2) is 21.0 Å². The summed E-state index contributed by atoms with van der Waals surface area (Å²) in [4.78, 5) is 19.0. The molecule has 26 heavy (non-hydrogen) atoms. The minimum atomic E-state index is 0.0244. The minimum absolute atomic E-state index is 0.0244. The highest BCUT2D eigenvalue weighted by molar-refractivity contribution is 7.99. The van der Waals surface area contributed by atoms with Crippen LogP contribution in [0, 0.1) is 0 Å². The van der Waals surface area contributed by atoms with Gasteiger partial charge in [0.15, 0.2) is 4.96 Å². The van der Waals surface area contributed by atoms with E-state index in [4.69, 9.17) is 0 Å². The van der Waals surface area contributed by atoms with Crippen LogP contribution < -0.4 is 5.32 Å². The van der Waals surface area contributed by atoms with Crippen LogP contribution in [0.5, 0.6) is 0 Å². The average molecular weight is 380 g/mol. The Morgan fingerprint density at radius 2 is 2.04 bits per heavy atom.